The summed E-state index contributed by atoms with van der Waals surface area (Å²) in [5.41, 5.74) is 2.90. The van der Waals surface area contributed by atoms with Crippen LogP contribution >= 0.6 is 0 Å². The van der Waals surface area contributed by atoms with Crippen molar-refractivity contribution in [2.24, 2.45) is 5.92 Å². The van der Waals surface area contributed by atoms with E-state index < -0.39 is 11.6 Å². The summed E-state index contributed by atoms with van der Waals surface area (Å²) in [5.74, 6) is -0.0858. The third-order valence-corrected chi connectivity index (χ3v) is 5.77. The summed E-state index contributed by atoms with van der Waals surface area (Å²) in [4.78, 5) is 24.3. The molecule has 0 fully saturated rings. The van der Waals surface area contributed by atoms with Gasteiger partial charge >= 0.3 is 5.97 Å². The number of aliphatic carboxylic acids is 1. The Kier molecular flexibility index (Phi) is 8.40. The summed E-state index contributed by atoms with van der Waals surface area (Å²) < 4.78 is 12.8. The van der Waals surface area contributed by atoms with Crippen molar-refractivity contribution >= 4 is 11.9 Å². The number of hydrogen-bond donors (Lipinski definition) is 2. The van der Waals surface area contributed by atoms with Crippen molar-refractivity contribution in [2.45, 2.75) is 59.7 Å². The smallest absolute Gasteiger partial charge is 0.347 e. The molecule has 36 heavy (non-hydrogen) atoms. The lowest BCUT2D eigenvalue weighted by Crippen LogP contribution is -2.38. The molecule has 0 saturated carbocycles. The van der Waals surface area contributed by atoms with Crippen LogP contribution in [0.2, 0.25) is 0 Å². The molecule has 3 rings (SSSR count). The molecular weight excluding hydrogens is 458 g/mol. The highest BCUT2D eigenvalue weighted by Gasteiger charge is 2.30. The number of nitrogens with one attached hydrogen (secondary N) is 1. The average Bonchev–Trinajstić information content (AvgIpc) is 3.27. The van der Waals surface area contributed by atoms with Gasteiger partial charge in [0.05, 0.1) is 12.8 Å². The molecule has 0 bridgehead atoms. The molecule has 0 spiro atoms. The molecule has 8 heteroatoms. The fourth-order valence-electron chi connectivity index (χ4n) is 3.78. The van der Waals surface area contributed by atoms with Crippen molar-refractivity contribution in [3.05, 3.63) is 65.4 Å². The summed E-state index contributed by atoms with van der Waals surface area (Å²) >= 11 is 0. The summed E-state index contributed by atoms with van der Waals surface area (Å²) in [6.45, 7) is 10.2. The number of methoxy groups -OCH3 is 1. The van der Waals surface area contributed by atoms with E-state index >= 15 is 0 Å². The largest absolute Gasteiger partial charge is 0.493 e. The molecule has 1 aromatic heterocycles. The highest BCUT2D eigenvalue weighted by Crippen LogP contribution is 2.31. The Balaban J connectivity index is 1.72. The van der Waals surface area contributed by atoms with Crippen molar-refractivity contribution in [3.63, 3.8) is 0 Å². The number of carboxylic acid groups (broad SMARTS) is 1. The first-order valence-corrected chi connectivity index (χ1v) is 12.1. The van der Waals surface area contributed by atoms with Gasteiger partial charge < -0.3 is 19.9 Å². The van der Waals surface area contributed by atoms with Crippen molar-refractivity contribution in [1.29, 1.82) is 0 Å². The number of benzene rings is 2. The number of rotatable bonds is 11. The second-order valence-electron chi connectivity index (χ2n) is 9.61. The van der Waals surface area contributed by atoms with Crippen molar-refractivity contribution in [1.82, 2.24) is 15.1 Å². The zero-order valence-electron chi connectivity index (χ0n) is 21.8. The quantitative estimate of drug-likeness (QED) is 0.392. The van der Waals surface area contributed by atoms with Crippen LogP contribution in [-0.2, 0) is 24.3 Å². The Morgan fingerprint density at radius 1 is 1.06 bits per heavy atom. The van der Waals surface area contributed by atoms with E-state index in [4.69, 9.17) is 9.47 Å². The fourth-order valence-corrected chi connectivity index (χ4v) is 3.78. The van der Waals surface area contributed by atoms with Crippen molar-refractivity contribution in [2.75, 3.05) is 7.11 Å². The van der Waals surface area contributed by atoms with Crippen LogP contribution in [0.5, 0.6) is 11.5 Å². The van der Waals surface area contributed by atoms with Crippen LogP contribution in [-0.4, -0.2) is 39.5 Å². The molecule has 192 valence electrons. The zero-order valence-corrected chi connectivity index (χ0v) is 21.8. The van der Waals surface area contributed by atoms with Crippen LogP contribution in [0.15, 0.2) is 48.5 Å². The molecule has 2 aromatic carbocycles. The molecule has 0 aliphatic heterocycles. The predicted octanol–water partition coefficient (Wildman–Crippen LogP) is 4.95. The zero-order chi connectivity index (χ0) is 26.5. The number of carbonyl (C=O) groups is 2. The van der Waals surface area contributed by atoms with Gasteiger partial charge in [-0.1, -0.05) is 44.2 Å². The van der Waals surface area contributed by atoms with Gasteiger partial charge in [0, 0.05) is 13.1 Å². The summed E-state index contributed by atoms with van der Waals surface area (Å²) in [6, 6.07) is 15.3. The minimum absolute atomic E-state index is 0.246. The van der Waals surface area contributed by atoms with Gasteiger partial charge in [-0.2, -0.15) is 5.10 Å². The van der Waals surface area contributed by atoms with Crippen LogP contribution in [0.1, 0.15) is 56.2 Å². The maximum absolute atomic E-state index is 12.9. The first kappa shape index (κ1) is 26.8. The van der Waals surface area contributed by atoms with E-state index in [1.54, 1.807) is 18.2 Å². The molecule has 1 amide bonds. The Hall–Kier alpha value is -3.81. The van der Waals surface area contributed by atoms with Gasteiger partial charge in [0.2, 0.25) is 0 Å². The number of nitrogens with zero attached hydrogens (tertiary/aromatic N) is 2. The minimum Gasteiger partial charge on any atom is -0.493 e. The standard InChI is InChI=1S/C28H35N3O5/c1-7-31-23(21-11-8-19(9-12-21)14-18(2)3)16-22(30-31)26(32)29-17-20-10-13-24(25(15-20)35-6)36-28(4,5)27(33)34/h8-13,15-16,18H,7,14,17H2,1-6H3,(H,29,32)(H,33,34). The molecule has 3 aromatic rings. The number of aryl methyl sites for hydroxylation is 1. The SMILES string of the molecule is CCn1nc(C(=O)NCc2ccc(OC(C)(C)C(=O)O)c(OC)c2)cc1-c1ccc(CC(C)C)cc1. The lowest BCUT2D eigenvalue weighted by Gasteiger charge is -2.23. The molecule has 0 saturated heterocycles. The van der Waals surface area contributed by atoms with Gasteiger partial charge in [-0.05, 0) is 68.0 Å². The van der Waals surface area contributed by atoms with Gasteiger partial charge in [-0.25, -0.2) is 4.79 Å². The molecule has 2 N–H and O–H groups in total. The highest BCUT2D eigenvalue weighted by atomic mass is 16.5. The second kappa shape index (κ2) is 11.3. The normalized spacial score (nSPS) is 11.4. The van der Waals surface area contributed by atoms with E-state index in [1.807, 2.05) is 17.7 Å². The minimum atomic E-state index is -1.41. The van der Waals surface area contributed by atoms with E-state index in [2.05, 4.69) is 48.5 Å². The first-order valence-electron chi connectivity index (χ1n) is 12.1. The van der Waals surface area contributed by atoms with E-state index in [-0.39, 0.29) is 12.5 Å². The Morgan fingerprint density at radius 3 is 2.31 bits per heavy atom. The second-order valence-corrected chi connectivity index (χ2v) is 9.61. The topological polar surface area (TPSA) is 103 Å². The number of hydrogen-bond acceptors (Lipinski definition) is 5. The summed E-state index contributed by atoms with van der Waals surface area (Å²) in [5, 5.41) is 16.7. The Morgan fingerprint density at radius 2 is 1.72 bits per heavy atom. The third-order valence-electron chi connectivity index (χ3n) is 5.77. The highest BCUT2D eigenvalue weighted by molar-refractivity contribution is 5.93. The van der Waals surface area contributed by atoms with Gasteiger partial charge in [0.15, 0.2) is 22.8 Å². The van der Waals surface area contributed by atoms with E-state index in [9.17, 15) is 14.7 Å². The first-order chi connectivity index (χ1) is 17.0. The molecule has 0 aliphatic rings. The van der Waals surface area contributed by atoms with Crippen LogP contribution in [0.3, 0.4) is 0 Å². The average molecular weight is 494 g/mol. The molecule has 8 nitrogen and oxygen atoms in total. The number of carboxylic acids is 1. The predicted molar refractivity (Wildman–Crippen MR) is 138 cm³/mol. The molecule has 0 unspecified atom stereocenters. The number of ether oxygens (including phenoxy) is 2. The monoisotopic (exact) mass is 493 g/mol. The molecular formula is C28H35N3O5. The molecule has 0 atom stereocenters. The van der Waals surface area contributed by atoms with Crippen LogP contribution in [0.4, 0.5) is 0 Å². The van der Waals surface area contributed by atoms with Gasteiger partial charge in [0.25, 0.3) is 5.91 Å². The molecule has 0 radical (unpaired) electrons. The number of aromatic nitrogens is 2. The number of amides is 1. The third kappa shape index (κ3) is 6.44. The van der Waals surface area contributed by atoms with Crippen LogP contribution in [0, 0.1) is 5.92 Å². The van der Waals surface area contributed by atoms with E-state index in [0.717, 1.165) is 23.2 Å². The number of carbonyl (C=O) groups excluding carboxylic acids is 1. The Bertz CT molecular complexity index is 1210. The maximum atomic E-state index is 12.9. The van der Waals surface area contributed by atoms with Crippen molar-refractivity contribution in [3.8, 4) is 22.8 Å². The van der Waals surface area contributed by atoms with Gasteiger partial charge in [-0.15, -0.1) is 0 Å². The van der Waals surface area contributed by atoms with Crippen molar-refractivity contribution < 1.29 is 24.2 Å². The van der Waals surface area contributed by atoms with E-state index in [0.29, 0.717) is 29.7 Å². The lowest BCUT2D eigenvalue weighted by molar-refractivity contribution is -0.152. The summed E-state index contributed by atoms with van der Waals surface area (Å²) in [6.07, 6.45) is 1.02. The van der Waals surface area contributed by atoms with Crippen LogP contribution < -0.4 is 14.8 Å². The lowest BCUT2D eigenvalue weighted by atomic mass is 10.0. The Labute approximate surface area is 212 Å². The van der Waals surface area contributed by atoms with E-state index in [1.165, 1.54) is 26.5 Å². The fraction of sp³-hybridized carbons (Fsp3) is 0.393. The van der Waals surface area contributed by atoms with Crippen LogP contribution in [0.25, 0.3) is 11.3 Å². The molecule has 0 aliphatic carbocycles. The van der Waals surface area contributed by atoms with Gasteiger partial charge in [-0.3, -0.25) is 9.48 Å². The summed E-state index contributed by atoms with van der Waals surface area (Å²) in [7, 11) is 1.48. The molecule has 1 heterocycles. The maximum Gasteiger partial charge on any atom is 0.347 e. The van der Waals surface area contributed by atoms with Gasteiger partial charge in [0.1, 0.15) is 0 Å².